The van der Waals surface area contributed by atoms with Gasteiger partial charge in [0.15, 0.2) is 0 Å². The Balaban J connectivity index is 1.94. The Morgan fingerprint density at radius 3 is 2.00 bits per heavy atom. The molecule has 0 saturated carbocycles. The zero-order chi connectivity index (χ0) is 20.0. The van der Waals surface area contributed by atoms with Crippen LogP contribution in [0.5, 0.6) is 0 Å². The molecule has 1 aliphatic carbocycles. The molecule has 2 N–H and O–H groups in total. The quantitative estimate of drug-likeness (QED) is 0.581. The molecule has 0 saturated heterocycles. The minimum atomic E-state index is -0.946. The summed E-state index contributed by atoms with van der Waals surface area (Å²) in [5, 5.41) is 17.7. The Kier molecular flexibility index (Phi) is 4.62. The minimum absolute atomic E-state index is 0.100. The largest absolute Gasteiger partial charge is 0.478 e. The van der Waals surface area contributed by atoms with Crippen molar-refractivity contribution in [2.24, 2.45) is 0 Å². The normalized spacial score (nSPS) is 17.1. The fraction of sp³-hybridized carbons (Fsp3) is 0.391. The number of rotatable bonds is 3. The predicted octanol–water partition coefficient (Wildman–Crippen LogP) is 5.20. The van der Waals surface area contributed by atoms with E-state index in [0.29, 0.717) is 5.84 Å². The maximum absolute atomic E-state index is 11.0. The van der Waals surface area contributed by atoms with Crippen LogP contribution in [0.25, 0.3) is 0 Å². The second-order valence-corrected chi connectivity index (χ2v) is 8.79. The monoisotopic (exact) mass is 364 g/mol. The highest BCUT2D eigenvalue weighted by Crippen LogP contribution is 2.46. The number of nitrogens with one attached hydrogen (secondary N) is 1. The van der Waals surface area contributed by atoms with Gasteiger partial charge in [-0.3, -0.25) is 5.41 Å². The van der Waals surface area contributed by atoms with Crippen LogP contribution in [0.3, 0.4) is 0 Å². The first kappa shape index (κ1) is 19.2. The lowest BCUT2D eigenvalue weighted by Crippen LogP contribution is -2.34. The van der Waals surface area contributed by atoms with Crippen molar-refractivity contribution in [3.05, 3.63) is 64.7 Å². The van der Waals surface area contributed by atoms with E-state index in [1.165, 1.54) is 17.5 Å². The first-order chi connectivity index (χ1) is 12.5. The summed E-state index contributed by atoms with van der Waals surface area (Å²) in [6.45, 7) is 9.15. The van der Waals surface area contributed by atoms with Gasteiger partial charge >= 0.3 is 5.97 Å². The molecule has 0 fully saturated rings. The SMILES string of the molecule is CN(C(=N)c1ccc2c(c1)C(C)(C)CCC2(C)C)c1ccc(C(=O)O)cc1. The average Bonchev–Trinajstić information content (AvgIpc) is 2.64. The van der Waals surface area contributed by atoms with E-state index in [2.05, 4.69) is 39.8 Å². The molecule has 0 radical (unpaired) electrons. The predicted molar refractivity (Wildman–Crippen MR) is 110 cm³/mol. The van der Waals surface area contributed by atoms with E-state index >= 15 is 0 Å². The van der Waals surface area contributed by atoms with Crippen LogP contribution in [-0.2, 0) is 10.8 Å². The number of benzene rings is 2. The van der Waals surface area contributed by atoms with Crippen LogP contribution in [-0.4, -0.2) is 24.0 Å². The Morgan fingerprint density at radius 1 is 0.926 bits per heavy atom. The molecule has 2 aromatic carbocycles. The number of anilines is 1. The number of carboxylic acid groups (broad SMARTS) is 1. The molecule has 3 rings (SSSR count). The number of amidine groups is 1. The molecular formula is C23H28N2O2. The van der Waals surface area contributed by atoms with Gasteiger partial charge in [-0.15, -0.1) is 0 Å². The van der Waals surface area contributed by atoms with E-state index in [9.17, 15) is 4.79 Å². The van der Waals surface area contributed by atoms with Crippen LogP contribution in [0, 0.1) is 5.41 Å². The molecular weight excluding hydrogens is 336 g/mol. The van der Waals surface area contributed by atoms with Crippen molar-refractivity contribution in [1.29, 1.82) is 5.41 Å². The molecule has 0 unspecified atom stereocenters. The fourth-order valence-corrected chi connectivity index (χ4v) is 3.89. The van der Waals surface area contributed by atoms with Crippen LogP contribution < -0.4 is 4.90 Å². The van der Waals surface area contributed by atoms with Gasteiger partial charge in [0.05, 0.1) is 5.56 Å². The molecule has 2 aromatic rings. The molecule has 1 aliphatic rings. The highest BCUT2D eigenvalue weighted by atomic mass is 16.4. The van der Waals surface area contributed by atoms with Gasteiger partial charge in [-0.1, -0.05) is 39.8 Å². The molecule has 0 atom stereocenters. The lowest BCUT2D eigenvalue weighted by atomic mass is 9.63. The summed E-state index contributed by atoms with van der Waals surface area (Å²) in [6, 6.07) is 13.0. The lowest BCUT2D eigenvalue weighted by Gasteiger charge is -2.42. The molecule has 4 heteroatoms. The summed E-state index contributed by atoms with van der Waals surface area (Å²) in [5.41, 5.74) is 4.88. The van der Waals surface area contributed by atoms with Crippen LogP contribution in [0.4, 0.5) is 5.69 Å². The smallest absolute Gasteiger partial charge is 0.335 e. The second-order valence-electron chi connectivity index (χ2n) is 8.79. The number of fused-ring (bicyclic) bond motifs is 1. The first-order valence-electron chi connectivity index (χ1n) is 9.34. The Hall–Kier alpha value is -2.62. The van der Waals surface area contributed by atoms with Crippen molar-refractivity contribution < 1.29 is 9.90 Å². The van der Waals surface area contributed by atoms with Gasteiger partial charge in [-0.2, -0.15) is 0 Å². The zero-order valence-corrected chi connectivity index (χ0v) is 16.8. The standard InChI is InChI=1S/C23H28N2O2/c1-22(2)12-13-23(3,4)19-14-16(8-11-18(19)22)20(24)25(5)17-9-6-15(7-10-17)21(26)27/h6-11,14,24H,12-13H2,1-5H3,(H,26,27). The number of carbonyl (C=O) groups is 1. The van der Waals surface area contributed by atoms with Gasteiger partial charge in [-0.05, 0) is 65.1 Å². The van der Waals surface area contributed by atoms with Crippen LogP contribution in [0.2, 0.25) is 0 Å². The molecule has 0 bridgehead atoms. The second kappa shape index (κ2) is 6.52. The Bertz CT molecular complexity index is 895. The Morgan fingerprint density at radius 2 is 1.44 bits per heavy atom. The summed E-state index contributed by atoms with van der Waals surface area (Å²) in [7, 11) is 1.84. The van der Waals surface area contributed by atoms with Gasteiger partial charge in [0.1, 0.15) is 5.84 Å². The number of nitrogens with zero attached hydrogens (tertiary/aromatic N) is 1. The van der Waals surface area contributed by atoms with Crippen molar-refractivity contribution >= 4 is 17.5 Å². The zero-order valence-electron chi connectivity index (χ0n) is 16.8. The number of hydrogen-bond donors (Lipinski definition) is 2. The minimum Gasteiger partial charge on any atom is -0.478 e. The molecule has 0 aromatic heterocycles. The maximum atomic E-state index is 11.0. The van der Waals surface area contributed by atoms with E-state index in [0.717, 1.165) is 17.7 Å². The van der Waals surface area contributed by atoms with Crippen LogP contribution in [0.15, 0.2) is 42.5 Å². The third-order valence-corrected chi connectivity index (χ3v) is 5.96. The molecule has 0 heterocycles. The van der Waals surface area contributed by atoms with E-state index in [-0.39, 0.29) is 16.4 Å². The molecule has 142 valence electrons. The summed E-state index contributed by atoms with van der Waals surface area (Å²) in [4.78, 5) is 12.8. The molecule has 0 spiro atoms. The summed E-state index contributed by atoms with van der Waals surface area (Å²) in [6.07, 6.45) is 2.30. The highest BCUT2D eigenvalue weighted by molar-refractivity contribution is 6.07. The summed E-state index contributed by atoms with van der Waals surface area (Å²) >= 11 is 0. The van der Waals surface area contributed by atoms with E-state index in [1.807, 2.05) is 13.1 Å². The number of aromatic carboxylic acids is 1. The van der Waals surface area contributed by atoms with Gasteiger partial charge in [0, 0.05) is 18.3 Å². The number of hydrogen-bond acceptors (Lipinski definition) is 2. The van der Waals surface area contributed by atoms with Crippen molar-refractivity contribution in [3.63, 3.8) is 0 Å². The third-order valence-electron chi connectivity index (χ3n) is 5.96. The van der Waals surface area contributed by atoms with E-state index in [1.54, 1.807) is 29.2 Å². The number of carboxylic acids is 1. The van der Waals surface area contributed by atoms with Crippen LogP contribution in [0.1, 0.15) is 67.6 Å². The van der Waals surface area contributed by atoms with E-state index in [4.69, 9.17) is 10.5 Å². The van der Waals surface area contributed by atoms with Crippen molar-refractivity contribution in [2.45, 2.75) is 51.4 Å². The van der Waals surface area contributed by atoms with Gasteiger partial charge in [0.25, 0.3) is 0 Å². The van der Waals surface area contributed by atoms with Gasteiger partial charge in [-0.25, -0.2) is 4.79 Å². The van der Waals surface area contributed by atoms with Crippen molar-refractivity contribution in [2.75, 3.05) is 11.9 Å². The highest BCUT2D eigenvalue weighted by Gasteiger charge is 2.37. The average molecular weight is 364 g/mol. The topological polar surface area (TPSA) is 64.4 Å². The first-order valence-corrected chi connectivity index (χ1v) is 9.34. The van der Waals surface area contributed by atoms with Crippen molar-refractivity contribution in [1.82, 2.24) is 0 Å². The maximum Gasteiger partial charge on any atom is 0.335 e. The molecule has 0 amide bonds. The summed E-state index contributed by atoms with van der Waals surface area (Å²) in [5.74, 6) is -0.543. The van der Waals surface area contributed by atoms with Crippen molar-refractivity contribution in [3.8, 4) is 0 Å². The molecule has 0 aliphatic heterocycles. The Labute approximate surface area is 161 Å². The lowest BCUT2D eigenvalue weighted by molar-refractivity contribution is 0.0697. The summed E-state index contributed by atoms with van der Waals surface area (Å²) < 4.78 is 0. The molecule has 27 heavy (non-hydrogen) atoms. The van der Waals surface area contributed by atoms with Gasteiger partial charge < -0.3 is 10.0 Å². The van der Waals surface area contributed by atoms with Crippen LogP contribution >= 0.6 is 0 Å². The van der Waals surface area contributed by atoms with E-state index < -0.39 is 5.97 Å². The van der Waals surface area contributed by atoms with Gasteiger partial charge in [0.2, 0.25) is 0 Å². The molecule has 4 nitrogen and oxygen atoms in total. The fourth-order valence-electron chi connectivity index (χ4n) is 3.89. The third kappa shape index (κ3) is 3.48.